The first-order valence-electron chi connectivity index (χ1n) is 9.73. The summed E-state index contributed by atoms with van der Waals surface area (Å²) >= 11 is 0. The van der Waals surface area contributed by atoms with Gasteiger partial charge in [-0.15, -0.1) is 5.10 Å². The highest BCUT2D eigenvalue weighted by atomic mass is 15.6. The van der Waals surface area contributed by atoms with Crippen LogP contribution in [-0.4, -0.2) is 20.2 Å². The number of hydrogen-bond acceptors (Lipinski definition) is 4. The van der Waals surface area contributed by atoms with Crippen LogP contribution in [0.4, 0.5) is 0 Å². The van der Waals surface area contributed by atoms with Gasteiger partial charge in [-0.2, -0.15) is 4.68 Å². The van der Waals surface area contributed by atoms with E-state index in [0.29, 0.717) is 17.8 Å². The molecule has 1 aromatic heterocycles. The molecule has 0 unspecified atom stereocenters. The number of aromatic nitrogens is 4. The number of rotatable bonds is 3. The van der Waals surface area contributed by atoms with Crippen LogP contribution in [-0.2, 0) is 5.54 Å². The first kappa shape index (κ1) is 15.5. The SMILES string of the molecule is CC(C)c1ccc(-n2nnnc2C2(N)C3CC4CC(C3)CC2C4)cc1. The summed E-state index contributed by atoms with van der Waals surface area (Å²) in [6.45, 7) is 4.42. The highest BCUT2D eigenvalue weighted by molar-refractivity contribution is 5.36. The molecule has 1 heterocycles. The maximum Gasteiger partial charge on any atom is 0.177 e. The summed E-state index contributed by atoms with van der Waals surface area (Å²) < 4.78 is 1.90. The fourth-order valence-electron chi connectivity index (χ4n) is 5.96. The van der Waals surface area contributed by atoms with E-state index in [1.54, 1.807) is 0 Å². The van der Waals surface area contributed by atoms with E-state index in [1.165, 1.54) is 37.7 Å². The lowest BCUT2D eigenvalue weighted by Gasteiger charge is -2.58. The van der Waals surface area contributed by atoms with Crippen LogP contribution in [0.1, 0.15) is 63.3 Å². The molecule has 5 heteroatoms. The number of nitrogens with two attached hydrogens (primary N) is 1. The second-order valence-corrected chi connectivity index (χ2v) is 8.90. The molecule has 0 saturated heterocycles. The van der Waals surface area contributed by atoms with Crippen molar-refractivity contribution in [3.05, 3.63) is 35.7 Å². The Morgan fingerprint density at radius 1 is 1.00 bits per heavy atom. The van der Waals surface area contributed by atoms with Crippen molar-refractivity contribution < 1.29 is 0 Å². The largest absolute Gasteiger partial charge is 0.318 e. The molecule has 4 bridgehead atoms. The third-order valence-corrected chi connectivity index (χ3v) is 7.15. The second kappa shape index (κ2) is 5.37. The van der Waals surface area contributed by atoms with Crippen LogP contribution in [0.25, 0.3) is 5.69 Å². The molecule has 0 spiro atoms. The van der Waals surface area contributed by atoms with E-state index in [0.717, 1.165) is 23.3 Å². The minimum Gasteiger partial charge on any atom is -0.318 e. The van der Waals surface area contributed by atoms with Gasteiger partial charge in [-0.05, 0) is 89.8 Å². The van der Waals surface area contributed by atoms with E-state index in [2.05, 4.69) is 53.6 Å². The Kier molecular flexibility index (Phi) is 3.33. The maximum atomic E-state index is 7.11. The number of tetrazole rings is 1. The van der Waals surface area contributed by atoms with E-state index >= 15 is 0 Å². The van der Waals surface area contributed by atoms with Crippen molar-refractivity contribution in [2.75, 3.05) is 0 Å². The van der Waals surface area contributed by atoms with Gasteiger partial charge in [0.25, 0.3) is 0 Å². The van der Waals surface area contributed by atoms with Crippen LogP contribution in [0.15, 0.2) is 24.3 Å². The zero-order chi connectivity index (χ0) is 17.2. The molecule has 4 fully saturated rings. The molecule has 1 aromatic carbocycles. The molecule has 0 atom stereocenters. The van der Waals surface area contributed by atoms with Gasteiger partial charge >= 0.3 is 0 Å². The van der Waals surface area contributed by atoms with Crippen LogP contribution in [0.3, 0.4) is 0 Å². The van der Waals surface area contributed by atoms with Crippen molar-refractivity contribution in [3.63, 3.8) is 0 Å². The zero-order valence-electron chi connectivity index (χ0n) is 15.1. The Balaban J connectivity index is 1.55. The predicted molar refractivity (Wildman–Crippen MR) is 96.2 cm³/mol. The van der Waals surface area contributed by atoms with Gasteiger partial charge in [-0.25, -0.2) is 0 Å². The number of benzene rings is 1. The molecule has 0 radical (unpaired) electrons. The predicted octanol–water partition coefficient (Wildman–Crippen LogP) is 3.40. The molecule has 25 heavy (non-hydrogen) atoms. The summed E-state index contributed by atoms with van der Waals surface area (Å²) in [5, 5.41) is 12.8. The Bertz CT molecular complexity index is 748. The quantitative estimate of drug-likeness (QED) is 0.932. The molecule has 4 saturated carbocycles. The van der Waals surface area contributed by atoms with Gasteiger partial charge in [0.15, 0.2) is 5.82 Å². The van der Waals surface area contributed by atoms with Crippen molar-refractivity contribution in [1.29, 1.82) is 0 Å². The lowest BCUT2D eigenvalue weighted by atomic mass is 9.48. The fraction of sp³-hybridized carbons (Fsp3) is 0.650. The zero-order valence-corrected chi connectivity index (χ0v) is 15.1. The Morgan fingerprint density at radius 3 is 2.16 bits per heavy atom. The van der Waals surface area contributed by atoms with Crippen molar-refractivity contribution in [2.45, 2.75) is 57.4 Å². The molecule has 5 nitrogen and oxygen atoms in total. The van der Waals surface area contributed by atoms with E-state index in [9.17, 15) is 0 Å². The summed E-state index contributed by atoms with van der Waals surface area (Å²) in [5.41, 5.74) is 9.09. The molecule has 6 rings (SSSR count). The molecule has 4 aliphatic carbocycles. The normalized spacial score (nSPS) is 36.3. The molecular formula is C20H27N5. The average Bonchev–Trinajstić information content (AvgIpc) is 3.09. The monoisotopic (exact) mass is 337 g/mol. The third kappa shape index (κ3) is 2.21. The van der Waals surface area contributed by atoms with Crippen molar-refractivity contribution in [3.8, 4) is 5.69 Å². The highest BCUT2D eigenvalue weighted by Gasteiger charge is 2.58. The molecule has 132 valence electrons. The van der Waals surface area contributed by atoms with E-state index in [1.807, 2.05) is 4.68 Å². The van der Waals surface area contributed by atoms with Crippen LogP contribution < -0.4 is 5.73 Å². The second-order valence-electron chi connectivity index (χ2n) is 8.90. The van der Waals surface area contributed by atoms with Crippen molar-refractivity contribution >= 4 is 0 Å². The minimum absolute atomic E-state index is 0.367. The Hall–Kier alpha value is -1.75. The number of nitrogens with zero attached hydrogens (tertiary/aromatic N) is 4. The van der Waals surface area contributed by atoms with Crippen LogP contribution in [0, 0.1) is 23.7 Å². The standard InChI is InChI=1S/C20H27N5/c1-12(2)15-3-5-18(6-4-15)25-19(22-23-24-25)20(21)16-8-13-7-14(10-16)11-17(20)9-13/h3-6,12-14,16-17H,7-11,21H2,1-2H3. The molecule has 2 N–H and O–H groups in total. The van der Waals surface area contributed by atoms with E-state index < -0.39 is 0 Å². The van der Waals surface area contributed by atoms with E-state index in [-0.39, 0.29) is 5.54 Å². The summed E-state index contributed by atoms with van der Waals surface area (Å²) in [4.78, 5) is 0. The fourth-order valence-corrected chi connectivity index (χ4v) is 5.96. The highest BCUT2D eigenvalue weighted by Crippen LogP contribution is 2.60. The molecular weight excluding hydrogens is 310 g/mol. The average molecular weight is 337 g/mol. The summed E-state index contributed by atoms with van der Waals surface area (Å²) in [6, 6.07) is 8.58. The van der Waals surface area contributed by atoms with Crippen molar-refractivity contribution in [1.82, 2.24) is 20.2 Å². The first-order chi connectivity index (χ1) is 12.1. The summed E-state index contributed by atoms with van der Waals surface area (Å²) in [5.74, 6) is 4.22. The molecule has 0 amide bonds. The van der Waals surface area contributed by atoms with Crippen LogP contribution in [0.2, 0.25) is 0 Å². The van der Waals surface area contributed by atoms with Crippen LogP contribution in [0.5, 0.6) is 0 Å². The smallest absolute Gasteiger partial charge is 0.177 e. The topological polar surface area (TPSA) is 69.6 Å². The first-order valence-corrected chi connectivity index (χ1v) is 9.73. The van der Waals surface area contributed by atoms with Gasteiger partial charge in [-0.1, -0.05) is 26.0 Å². The summed E-state index contributed by atoms with van der Waals surface area (Å²) in [7, 11) is 0. The van der Waals surface area contributed by atoms with E-state index in [4.69, 9.17) is 5.73 Å². The van der Waals surface area contributed by atoms with Crippen LogP contribution >= 0.6 is 0 Å². The Morgan fingerprint density at radius 2 is 1.60 bits per heavy atom. The van der Waals surface area contributed by atoms with Gasteiger partial charge in [-0.3, -0.25) is 0 Å². The van der Waals surface area contributed by atoms with Gasteiger partial charge in [0, 0.05) is 0 Å². The molecule has 4 aliphatic rings. The van der Waals surface area contributed by atoms with Gasteiger partial charge in [0.1, 0.15) is 0 Å². The maximum absolute atomic E-state index is 7.11. The summed E-state index contributed by atoms with van der Waals surface area (Å²) in [6.07, 6.45) is 6.43. The van der Waals surface area contributed by atoms with Gasteiger partial charge in [0.05, 0.1) is 11.2 Å². The van der Waals surface area contributed by atoms with Crippen molar-refractivity contribution in [2.24, 2.45) is 29.4 Å². The minimum atomic E-state index is -0.367. The Labute approximate surface area is 149 Å². The number of hydrogen-bond donors (Lipinski definition) is 1. The molecule has 2 aromatic rings. The third-order valence-electron chi connectivity index (χ3n) is 7.15. The van der Waals surface area contributed by atoms with Gasteiger partial charge < -0.3 is 5.73 Å². The van der Waals surface area contributed by atoms with Gasteiger partial charge in [0.2, 0.25) is 0 Å². The lowest BCUT2D eigenvalue weighted by molar-refractivity contribution is -0.0633. The lowest BCUT2D eigenvalue weighted by Crippen LogP contribution is -2.61. The molecule has 0 aliphatic heterocycles.